The van der Waals surface area contributed by atoms with E-state index in [4.69, 9.17) is 15.8 Å². The molecule has 0 fully saturated rings. The van der Waals surface area contributed by atoms with Crippen LogP contribution in [0.1, 0.15) is 0 Å². The van der Waals surface area contributed by atoms with Crippen molar-refractivity contribution >= 4 is 31.4 Å². The Morgan fingerprint density at radius 2 is 1.00 bits per heavy atom. The first-order valence-corrected chi connectivity index (χ1v) is 4.90. The molecular formula is H2CoGe2O4. The minimum absolute atomic E-state index is 0. The van der Waals surface area contributed by atoms with Crippen LogP contribution in [0, 0.1) is 0 Å². The Kier molecular flexibility index (Phi) is 65.4. The van der Waals surface area contributed by atoms with Crippen molar-refractivity contribution in [2.24, 2.45) is 0 Å². The van der Waals surface area contributed by atoms with Gasteiger partial charge in [0.1, 0.15) is 0 Å². The van der Waals surface area contributed by atoms with Gasteiger partial charge in [-0.2, -0.15) is 0 Å². The Labute approximate surface area is 63.9 Å². The van der Waals surface area contributed by atoms with Crippen molar-refractivity contribution in [1.29, 1.82) is 0 Å². The molecule has 1 radical (unpaired) electrons. The normalized spacial score (nSPS) is 3.43. The van der Waals surface area contributed by atoms with Crippen LogP contribution in [-0.4, -0.2) is 31.4 Å². The Morgan fingerprint density at radius 1 is 1.00 bits per heavy atom. The molecule has 0 bridgehead atoms. The number of rotatable bonds is 0. The van der Waals surface area contributed by atoms with E-state index in [1.54, 1.807) is 0 Å². The summed E-state index contributed by atoms with van der Waals surface area (Å²) >= 11 is -4.38. The quantitative estimate of drug-likeness (QED) is 0.421. The molecule has 4 nitrogen and oxygen atoms in total. The zero-order valence-corrected chi connectivity index (χ0v) is 9.01. The molecule has 0 aromatic carbocycles. The van der Waals surface area contributed by atoms with Gasteiger partial charge in [0.05, 0.1) is 0 Å². The third-order valence-corrected chi connectivity index (χ3v) is 0. The molecule has 0 heterocycles. The van der Waals surface area contributed by atoms with Crippen LogP contribution in [0.5, 0.6) is 0 Å². The van der Waals surface area contributed by atoms with Crippen LogP contribution in [0.2, 0.25) is 0 Å². The summed E-state index contributed by atoms with van der Waals surface area (Å²) in [4.78, 5) is 0. The van der Waals surface area contributed by atoms with Gasteiger partial charge in [-0.25, -0.2) is 0 Å². The van der Waals surface area contributed by atoms with Crippen molar-refractivity contribution in [3.8, 4) is 0 Å². The maximum absolute atomic E-state index is 8.53. The van der Waals surface area contributed by atoms with Crippen LogP contribution in [0.25, 0.3) is 0 Å². The molecule has 0 aliphatic carbocycles. The topological polar surface area (TPSA) is 80.3 Å². The van der Waals surface area contributed by atoms with E-state index in [1.807, 2.05) is 0 Å². The van der Waals surface area contributed by atoms with Gasteiger partial charge in [0.2, 0.25) is 0 Å². The van der Waals surface area contributed by atoms with E-state index in [0.29, 0.717) is 0 Å². The molecule has 7 heavy (non-hydrogen) atoms. The molecule has 0 atom stereocenters. The van der Waals surface area contributed by atoms with Crippen LogP contribution < -0.4 is 8.27 Å². The van der Waals surface area contributed by atoms with E-state index in [-0.39, 0.29) is 16.8 Å². The zero-order valence-electron chi connectivity index (χ0n) is 3.12. The van der Waals surface area contributed by atoms with E-state index >= 15 is 0 Å². The molecule has 0 aliphatic heterocycles. The zero-order chi connectivity index (χ0) is 5.41. The third-order valence-electron chi connectivity index (χ3n) is 0. The minimum atomic E-state index is -2.19. The molecule has 0 saturated heterocycles. The van der Waals surface area contributed by atoms with Gasteiger partial charge in [-0.05, 0) is 0 Å². The van der Waals surface area contributed by atoms with Gasteiger partial charge in [-0.1, -0.05) is 0 Å². The molecule has 0 saturated carbocycles. The molecule has 0 aliphatic rings. The number of hydrogen-bond acceptors (Lipinski definition) is 4. The standard InChI is InChI=1S/Co.2GeHO2/c;2*2-1-3/h;2*1H/q+2;2*-1. The van der Waals surface area contributed by atoms with Crippen molar-refractivity contribution < 1.29 is 32.6 Å². The molecule has 0 rings (SSSR count). The van der Waals surface area contributed by atoms with Crippen molar-refractivity contribution in [1.82, 2.24) is 0 Å². The summed E-state index contributed by atoms with van der Waals surface area (Å²) in [5.41, 5.74) is 0. The summed E-state index contributed by atoms with van der Waals surface area (Å²) in [7, 11) is 0. The van der Waals surface area contributed by atoms with Crippen molar-refractivity contribution in [2.75, 3.05) is 0 Å². The molecule has 0 amide bonds. The van der Waals surface area contributed by atoms with Crippen LogP contribution in [0.4, 0.5) is 0 Å². The van der Waals surface area contributed by atoms with E-state index < -0.39 is 31.4 Å². The molecule has 0 aromatic heterocycles. The fourth-order valence-corrected chi connectivity index (χ4v) is 0. The average Bonchev–Trinajstić information content (AvgIpc) is 1.39. The number of hydrogen-bond donors (Lipinski definition) is 0. The molecule has 0 aromatic rings. The molecular weight excluding hydrogens is 268 g/mol. The van der Waals surface area contributed by atoms with Gasteiger partial charge in [0.25, 0.3) is 0 Å². The Balaban J connectivity index is -0.0000000400. The predicted molar refractivity (Wildman–Crippen MR) is 15.7 cm³/mol. The summed E-state index contributed by atoms with van der Waals surface area (Å²) in [5.74, 6) is 0. The van der Waals surface area contributed by atoms with E-state index in [1.165, 1.54) is 0 Å². The summed E-state index contributed by atoms with van der Waals surface area (Å²) < 4.78 is 34.1. The van der Waals surface area contributed by atoms with Gasteiger partial charge in [0.15, 0.2) is 0 Å². The first-order valence-electron chi connectivity index (χ1n) is 0.943. The van der Waals surface area contributed by atoms with Crippen LogP contribution >= 0.6 is 0 Å². The first kappa shape index (κ1) is 15.7. The molecule has 0 unspecified atom stereocenters. The third kappa shape index (κ3) is 249. The second-order valence-corrected chi connectivity index (χ2v) is 1.00. The molecule has 0 N–H and O–H groups in total. The second-order valence-electron chi connectivity index (χ2n) is 0.192. The van der Waals surface area contributed by atoms with Crippen LogP contribution in [0.15, 0.2) is 0 Å². The average molecular weight is 270 g/mol. The SMILES string of the molecule is [Co+2].[O]=[GeH][O-].[O]=[GeH][O-]. The second kappa shape index (κ2) is 29.2. The Morgan fingerprint density at radius 3 is 1.00 bits per heavy atom. The molecule has 7 heteroatoms. The summed E-state index contributed by atoms with van der Waals surface area (Å²) in [6.45, 7) is 0. The summed E-state index contributed by atoms with van der Waals surface area (Å²) in [5, 5.41) is 0. The van der Waals surface area contributed by atoms with E-state index in [0.717, 1.165) is 0 Å². The summed E-state index contributed by atoms with van der Waals surface area (Å²) in [6, 6.07) is 0. The van der Waals surface area contributed by atoms with Gasteiger partial charge < -0.3 is 0 Å². The van der Waals surface area contributed by atoms with Crippen molar-refractivity contribution in [2.45, 2.75) is 0 Å². The fourth-order valence-electron chi connectivity index (χ4n) is 0. The monoisotopic (exact) mass is 273 g/mol. The van der Waals surface area contributed by atoms with Crippen LogP contribution in [-0.2, 0) is 24.3 Å². The van der Waals surface area contributed by atoms with E-state index in [9.17, 15) is 0 Å². The molecule has 0 spiro atoms. The predicted octanol–water partition coefficient (Wildman–Crippen LogP) is -3.92. The van der Waals surface area contributed by atoms with E-state index in [2.05, 4.69) is 0 Å². The van der Waals surface area contributed by atoms with Gasteiger partial charge >= 0.3 is 64.0 Å². The van der Waals surface area contributed by atoms with Crippen molar-refractivity contribution in [3.63, 3.8) is 0 Å². The van der Waals surface area contributed by atoms with Crippen molar-refractivity contribution in [3.05, 3.63) is 0 Å². The Hall–Kier alpha value is 0.792. The molecule has 43 valence electrons. The first-order chi connectivity index (χ1) is 2.83. The Bertz CT molecular complexity index is 30.7. The van der Waals surface area contributed by atoms with Gasteiger partial charge in [-0.3, -0.25) is 0 Å². The van der Waals surface area contributed by atoms with Gasteiger partial charge in [0, 0.05) is 0 Å². The maximum atomic E-state index is 8.53. The van der Waals surface area contributed by atoms with Crippen LogP contribution in [0.3, 0.4) is 0 Å². The summed E-state index contributed by atoms with van der Waals surface area (Å²) in [6.07, 6.45) is 0. The van der Waals surface area contributed by atoms with Gasteiger partial charge in [-0.15, -0.1) is 0 Å². The fraction of sp³-hybridized carbons (Fsp3) is 0.